The molecule has 20 heavy (non-hydrogen) atoms. The summed E-state index contributed by atoms with van der Waals surface area (Å²) < 4.78 is 5.56. The molecule has 0 spiro atoms. The number of hydrogen-bond donors (Lipinski definition) is 1. The maximum Gasteiger partial charge on any atom is 0.138 e. The van der Waals surface area contributed by atoms with Crippen LogP contribution in [0.2, 0.25) is 0 Å². The van der Waals surface area contributed by atoms with Crippen LogP contribution in [-0.4, -0.2) is 16.2 Å². The lowest BCUT2D eigenvalue weighted by Gasteiger charge is -2.14. The predicted molar refractivity (Wildman–Crippen MR) is 75.2 cm³/mol. The second-order valence-electron chi connectivity index (χ2n) is 4.76. The maximum absolute atomic E-state index is 10.3. The van der Waals surface area contributed by atoms with Gasteiger partial charge in [0.1, 0.15) is 11.9 Å². The maximum atomic E-state index is 10.3. The Morgan fingerprint density at radius 3 is 2.45 bits per heavy atom. The van der Waals surface area contributed by atoms with Crippen molar-refractivity contribution in [3.05, 3.63) is 59.4 Å². The molecule has 1 unspecified atom stereocenters. The van der Waals surface area contributed by atoms with Crippen molar-refractivity contribution in [2.75, 3.05) is 0 Å². The lowest BCUT2D eigenvalue weighted by Crippen LogP contribution is -2.07. The minimum absolute atomic E-state index is 0.0547. The molecule has 0 bridgehead atoms. The van der Waals surface area contributed by atoms with Gasteiger partial charge in [-0.15, -0.1) is 0 Å². The molecule has 2 rings (SSSR count). The third kappa shape index (κ3) is 3.34. The molecule has 0 aliphatic carbocycles. The van der Waals surface area contributed by atoms with Crippen LogP contribution < -0.4 is 4.74 Å². The summed E-state index contributed by atoms with van der Waals surface area (Å²) in [7, 11) is 0. The van der Waals surface area contributed by atoms with Gasteiger partial charge in [-0.2, -0.15) is 5.26 Å². The van der Waals surface area contributed by atoms with Crippen LogP contribution in [0.3, 0.4) is 0 Å². The smallest absolute Gasteiger partial charge is 0.138 e. The van der Waals surface area contributed by atoms with E-state index in [2.05, 4.69) is 4.98 Å². The van der Waals surface area contributed by atoms with Crippen molar-refractivity contribution in [2.24, 2.45) is 0 Å². The molecule has 0 saturated carbocycles. The molecule has 0 aliphatic heterocycles. The standard InChI is InChI=1S/C16H16N2O2/c1-11(2)20-15-7-14(9-18-10-15)16(19)13-5-3-12(8-17)4-6-13/h3-7,9-11,16,19H,1-2H3. The molecular formula is C16H16N2O2. The van der Waals surface area contributed by atoms with Crippen LogP contribution in [-0.2, 0) is 0 Å². The van der Waals surface area contributed by atoms with Crippen molar-refractivity contribution in [3.63, 3.8) is 0 Å². The third-order valence-corrected chi connectivity index (χ3v) is 2.78. The van der Waals surface area contributed by atoms with Gasteiger partial charge in [0.25, 0.3) is 0 Å². The Kier molecular flexibility index (Phi) is 4.34. The van der Waals surface area contributed by atoms with Crippen LogP contribution in [0, 0.1) is 11.3 Å². The molecule has 0 radical (unpaired) electrons. The van der Waals surface area contributed by atoms with Crippen molar-refractivity contribution >= 4 is 0 Å². The van der Waals surface area contributed by atoms with E-state index in [1.165, 1.54) is 0 Å². The van der Waals surface area contributed by atoms with Crippen molar-refractivity contribution < 1.29 is 9.84 Å². The summed E-state index contributed by atoms with van der Waals surface area (Å²) in [5.74, 6) is 0.630. The van der Waals surface area contributed by atoms with Crippen LogP contribution in [0.25, 0.3) is 0 Å². The van der Waals surface area contributed by atoms with Crippen LogP contribution in [0.15, 0.2) is 42.7 Å². The second kappa shape index (κ2) is 6.18. The Morgan fingerprint density at radius 1 is 1.15 bits per heavy atom. The van der Waals surface area contributed by atoms with Gasteiger partial charge in [0.05, 0.1) is 23.9 Å². The number of pyridine rings is 1. The number of nitrogens with zero attached hydrogens (tertiary/aromatic N) is 2. The Morgan fingerprint density at radius 2 is 1.85 bits per heavy atom. The summed E-state index contributed by atoms with van der Waals surface area (Å²) in [4.78, 5) is 4.08. The average Bonchev–Trinajstić information content (AvgIpc) is 2.46. The van der Waals surface area contributed by atoms with Gasteiger partial charge < -0.3 is 9.84 Å². The summed E-state index contributed by atoms with van der Waals surface area (Å²) in [5, 5.41) is 19.1. The van der Waals surface area contributed by atoms with Gasteiger partial charge >= 0.3 is 0 Å². The summed E-state index contributed by atoms with van der Waals surface area (Å²) in [5.41, 5.74) is 1.94. The van der Waals surface area contributed by atoms with E-state index >= 15 is 0 Å². The van der Waals surface area contributed by atoms with E-state index in [0.717, 1.165) is 0 Å². The first-order chi connectivity index (χ1) is 9.60. The highest BCUT2D eigenvalue weighted by atomic mass is 16.5. The molecule has 1 N–H and O–H groups in total. The zero-order chi connectivity index (χ0) is 14.5. The zero-order valence-corrected chi connectivity index (χ0v) is 11.4. The van der Waals surface area contributed by atoms with Gasteiger partial charge in [-0.1, -0.05) is 12.1 Å². The third-order valence-electron chi connectivity index (χ3n) is 2.78. The fourth-order valence-electron chi connectivity index (χ4n) is 1.85. The van der Waals surface area contributed by atoms with Crippen molar-refractivity contribution in [1.82, 2.24) is 4.98 Å². The molecule has 1 heterocycles. The number of rotatable bonds is 4. The van der Waals surface area contributed by atoms with E-state index in [4.69, 9.17) is 10.00 Å². The topological polar surface area (TPSA) is 66.1 Å². The summed E-state index contributed by atoms with van der Waals surface area (Å²) in [6.07, 6.45) is 2.50. The molecule has 0 aliphatic rings. The van der Waals surface area contributed by atoms with Crippen LogP contribution >= 0.6 is 0 Å². The van der Waals surface area contributed by atoms with Gasteiger partial charge in [-0.05, 0) is 37.6 Å². The molecule has 1 aromatic heterocycles. The van der Waals surface area contributed by atoms with E-state index in [-0.39, 0.29) is 6.10 Å². The van der Waals surface area contributed by atoms with Crippen molar-refractivity contribution in [2.45, 2.75) is 26.1 Å². The fraction of sp³-hybridized carbons (Fsp3) is 0.250. The largest absolute Gasteiger partial charge is 0.489 e. The highest BCUT2D eigenvalue weighted by Crippen LogP contribution is 2.24. The summed E-state index contributed by atoms with van der Waals surface area (Å²) in [6, 6.07) is 10.7. The van der Waals surface area contributed by atoms with E-state index in [9.17, 15) is 5.11 Å². The normalized spacial score (nSPS) is 11.9. The number of aromatic nitrogens is 1. The van der Waals surface area contributed by atoms with Gasteiger partial charge in [-0.3, -0.25) is 4.98 Å². The van der Waals surface area contributed by atoms with Crippen molar-refractivity contribution in [1.29, 1.82) is 5.26 Å². The highest BCUT2D eigenvalue weighted by molar-refractivity contribution is 5.37. The SMILES string of the molecule is CC(C)Oc1cncc(C(O)c2ccc(C#N)cc2)c1. The molecule has 102 valence electrons. The summed E-state index contributed by atoms with van der Waals surface area (Å²) in [6.45, 7) is 3.87. The van der Waals surface area contributed by atoms with Crippen molar-refractivity contribution in [3.8, 4) is 11.8 Å². The number of nitriles is 1. The van der Waals surface area contributed by atoms with Crippen LogP contribution in [0.5, 0.6) is 5.75 Å². The first-order valence-corrected chi connectivity index (χ1v) is 6.40. The highest BCUT2D eigenvalue weighted by Gasteiger charge is 2.12. The Hall–Kier alpha value is -2.38. The molecule has 0 amide bonds. The lowest BCUT2D eigenvalue weighted by molar-refractivity contribution is 0.215. The van der Waals surface area contributed by atoms with Gasteiger partial charge in [0, 0.05) is 11.8 Å². The van der Waals surface area contributed by atoms with Crippen LogP contribution in [0.1, 0.15) is 36.6 Å². The molecule has 1 atom stereocenters. The van der Waals surface area contributed by atoms with E-state index in [1.54, 1.807) is 42.7 Å². The molecular weight excluding hydrogens is 252 g/mol. The number of hydrogen-bond acceptors (Lipinski definition) is 4. The molecule has 0 fully saturated rings. The Bertz CT molecular complexity index is 615. The molecule has 1 aromatic carbocycles. The van der Waals surface area contributed by atoms with Gasteiger partial charge in [0.15, 0.2) is 0 Å². The van der Waals surface area contributed by atoms with Gasteiger partial charge in [-0.25, -0.2) is 0 Å². The molecule has 0 saturated heterocycles. The minimum Gasteiger partial charge on any atom is -0.489 e. The quantitative estimate of drug-likeness (QED) is 0.926. The lowest BCUT2D eigenvalue weighted by atomic mass is 10.0. The average molecular weight is 268 g/mol. The van der Waals surface area contributed by atoms with E-state index in [0.29, 0.717) is 22.4 Å². The number of aliphatic hydroxyl groups excluding tert-OH is 1. The molecule has 2 aromatic rings. The van der Waals surface area contributed by atoms with E-state index in [1.807, 2.05) is 19.9 Å². The predicted octanol–water partition coefficient (Wildman–Crippen LogP) is 2.82. The number of benzene rings is 1. The Labute approximate surface area is 118 Å². The summed E-state index contributed by atoms with van der Waals surface area (Å²) >= 11 is 0. The fourth-order valence-corrected chi connectivity index (χ4v) is 1.85. The zero-order valence-electron chi connectivity index (χ0n) is 11.4. The van der Waals surface area contributed by atoms with Crippen LogP contribution in [0.4, 0.5) is 0 Å². The first-order valence-electron chi connectivity index (χ1n) is 6.40. The molecule has 4 nitrogen and oxygen atoms in total. The molecule has 4 heteroatoms. The Balaban J connectivity index is 2.23. The van der Waals surface area contributed by atoms with Gasteiger partial charge in [0.2, 0.25) is 0 Å². The number of ether oxygens (including phenoxy) is 1. The second-order valence-corrected chi connectivity index (χ2v) is 4.76. The first kappa shape index (κ1) is 14.0. The minimum atomic E-state index is -0.786. The van der Waals surface area contributed by atoms with E-state index < -0.39 is 6.10 Å². The monoisotopic (exact) mass is 268 g/mol. The number of aliphatic hydroxyl groups is 1.